The van der Waals surface area contributed by atoms with E-state index in [4.69, 9.17) is 9.47 Å². The Morgan fingerprint density at radius 3 is 2.86 bits per heavy atom. The number of nitrogens with zero attached hydrogens (tertiary/aromatic N) is 1. The van der Waals surface area contributed by atoms with Gasteiger partial charge in [0.05, 0.1) is 19.3 Å². The quantitative estimate of drug-likeness (QED) is 0.922. The first-order valence-corrected chi connectivity index (χ1v) is 7.93. The highest BCUT2D eigenvalue weighted by Crippen LogP contribution is 2.34. The SMILES string of the molecule is CC1(c2ccccc2)OCC(CN2CCCCC2CO)O1. The number of hydrogen-bond acceptors (Lipinski definition) is 4. The number of ether oxygens (including phenoxy) is 2. The van der Waals surface area contributed by atoms with E-state index in [2.05, 4.69) is 4.90 Å². The van der Waals surface area contributed by atoms with Crippen LogP contribution in [0.25, 0.3) is 0 Å². The van der Waals surface area contributed by atoms with E-state index in [9.17, 15) is 5.11 Å². The second-order valence-electron chi connectivity index (χ2n) is 6.19. The topological polar surface area (TPSA) is 41.9 Å². The smallest absolute Gasteiger partial charge is 0.192 e. The van der Waals surface area contributed by atoms with Gasteiger partial charge in [-0.15, -0.1) is 0 Å². The van der Waals surface area contributed by atoms with Crippen molar-refractivity contribution in [2.75, 3.05) is 26.3 Å². The van der Waals surface area contributed by atoms with Crippen molar-refractivity contribution in [3.05, 3.63) is 35.9 Å². The van der Waals surface area contributed by atoms with Gasteiger partial charge in [-0.3, -0.25) is 4.90 Å². The highest BCUT2D eigenvalue weighted by atomic mass is 16.7. The van der Waals surface area contributed by atoms with Gasteiger partial charge in [-0.1, -0.05) is 36.8 Å². The molecule has 0 aromatic heterocycles. The van der Waals surface area contributed by atoms with E-state index in [1.807, 2.05) is 37.3 Å². The van der Waals surface area contributed by atoms with Crippen LogP contribution >= 0.6 is 0 Å². The summed E-state index contributed by atoms with van der Waals surface area (Å²) in [6.07, 6.45) is 3.58. The lowest BCUT2D eigenvalue weighted by molar-refractivity contribution is -0.164. The molecule has 0 aliphatic carbocycles. The molecule has 3 atom stereocenters. The Balaban J connectivity index is 1.62. The lowest BCUT2D eigenvalue weighted by atomic mass is 10.0. The Morgan fingerprint density at radius 1 is 1.29 bits per heavy atom. The van der Waals surface area contributed by atoms with Gasteiger partial charge in [0, 0.05) is 18.2 Å². The van der Waals surface area contributed by atoms with Gasteiger partial charge in [-0.25, -0.2) is 0 Å². The van der Waals surface area contributed by atoms with Crippen molar-refractivity contribution in [1.29, 1.82) is 0 Å². The first-order valence-electron chi connectivity index (χ1n) is 7.93. The third-order valence-corrected chi connectivity index (χ3v) is 4.63. The molecule has 2 fully saturated rings. The van der Waals surface area contributed by atoms with Gasteiger partial charge in [0.15, 0.2) is 5.79 Å². The van der Waals surface area contributed by atoms with Crippen molar-refractivity contribution in [3.63, 3.8) is 0 Å². The molecule has 2 aliphatic heterocycles. The van der Waals surface area contributed by atoms with Crippen LogP contribution in [-0.4, -0.2) is 48.5 Å². The van der Waals surface area contributed by atoms with Crippen LogP contribution in [0, 0.1) is 0 Å². The molecular weight excluding hydrogens is 266 g/mol. The molecule has 3 rings (SSSR count). The van der Waals surface area contributed by atoms with Crippen LogP contribution in [0.1, 0.15) is 31.7 Å². The molecular formula is C17H25NO3. The van der Waals surface area contributed by atoms with Crippen LogP contribution in [0.5, 0.6) is 0 Å². The van der Waals surface area contributed by atoms with Crippen LogP contribution in [0.4, 0.5) is 0 Å². The van der Waals surface area contributed by atoms with Gasteiger partial charge in [-0.05, 0) is 26.3 Å². The molecule has 0 bridgehead atoms. The Morgan fingerprint density at radius 2 is 2.10 bits per heavy atom. The van der Waals surface area contributed by atoms with Crippen molar-refractivity contribution in [2.24, 2.45) is 0 Å². The fourth-order valence-electron chi connectivity index (χ4n) is 3.39. The van der Waals surface area contributed by atoms with Gasteiger partial charge in [0.1, 0.15) is 0 Å². The maximum Gasteiger partial charge on any atom is 0.192 e. The number of aliphatic hydroxyl groups is 1. The molecule has 2 heterocycles. The first kappa shape index (κ1) is 15.0. The zero-order valence-corrected chi connectivity index (χ0v) is 12.7. The van der Waals surface area contributed by atoms with Gasteiger partial charge in [0.25, 0.3) is 0 Å². The largest absolute Gasteiger partial charge is 0.395 e. The zero-order chi connectivity index (χ0) is 14.7. The molecule has 0 radical (unpaired) electrons. The maximum absolute atomic E-state index is 9.50. The fraction of sp³-hybridized carbons (Fsp3) is 0.647. The van der Waals surface area contributed by atoms with Gasteiger partial charge < -0.3 is 14.6 Å². The molecule has 4 nitrogen and oxygen atoms in total. The second kappa shape index (κ2) is 6.44. The summed E-state index contributed by atoms with van der Waals surface area (Å²) < 4.78 is 12.1. The van der Waals surface area contributed by atoms with Gasteiger partial charge in [0.2, 0.25) is 0 Å². The standard InChI is InChI=1S/C17H25NO3/c1-17(14-7-3-2-4-8-14)20-13-16(21-17)11-18-10-6-5-9-15(18)12-19/h2-4,7-8,15-16,19H,5-6,9-13H2,1H3. The molecule has 0 saturated carbocycles. The summed E-state index contributed by atoms with van der Waals surface area (Å²) in [5.74, 6) is -0.642. The summed E-state index contributed by atoms with van der Waals surface area (Å²) in [6.45, 7) is 4.73. The van der Waals surface area contributed by atoms with Crippen molar-refractivity contribution < 1.29 is 14.6 Å². The van der Waals surface area contributed by atoms with Crippen molar-refractivity contribution in [3.8, 4) is 0 Å². The third kappa shape index (κ3) is 3.29. The predicted molar refractivity (Wildman–Crippen MR) is 80.9 cm³/mol. The summed E-state index contributed by atoms with van der Waals surface area (Å²) in [5, 5.41) is 9.50. The molecule has 3 unspecified atom stereocenters. The summed E-state index contributed by atoms with van der Waals surface area (Å²) in [7, 11) is 0. The summed E-state index contributed by atoms with van der Waals surface area (Å²) in [5.41, 5.74) is 1.06. The Kier molecular flexibility index (Phi) is 4.60. The fourth-order valence-corrected chi connectivity index (χ4v) is 3.39. The third-order valence-electron chi connectivity index (χ3n) is 4.63. The average Bonchev–Trinajstić information content (AvgIpc) is 2.91. The molecule has 4 heteroatoms. The molecule has 2 aliphatic rings. The Labute approximate surface area is 126 Å². The molecule has 0 amide bonds. The zero-order valence-electron chi connectivity index (χ0n) is 12.7. The number of rotatable bonds is 4. The van der Waals surface area contributed by atoms with Crippen molar-refractivity contribution >= 4 is 0 Å². The van der Waals surface area contributed by atoms with Gasteiger partial charge >= 0.3 is 0 Å². The molecule has 0 spiro atoms. The number of aliphatic hydroxyl groups excluding tert-OH is 1. The number of benzene rings is 1. The van der Waals surface area contributed by atoms with E-state index in [1.165, 1.54) is 12.8 Å². The molecule has 1 aromatic rings. The monoisotopic (exact) mass is 291 g/mol. The van der Waals surface area contributed by atoms with E-state index in [0.717, 1.165) is 25.1 Å². The van der Waals surface area contributed by atoms with Crippen LogP contribution in [0.2, 0.25) is 0 Å². The molecule has 1 aromatic carbocycles. The van der Waals surface area contributed by atoms with E-state index in [1.54, 1.807) is 0 Å². The molecule has 21 heavy (non-hydrogen) atoms. The molecule has 116 valence electrons. The van der Waals surface area contributed by atoms with Crippen LogP contribution in [0.15, 0.2) is 30.3 Å². The van der Waals surface area contributed by atoms with Crippen molar-refractivity contribution in [1.82, 2.24) is 4.90 Å². The predicted octanol–water partition coefficient (Wildman–Crippen LogP) is 2.12. The first-order chi connectivity index (χ1) is 10.2. The summed E-state index contributed by atoms with van der Waals surface area (Å²) >= 11 is 0. The number of likely N-dealkylation sites (tertiary alicyclic amines) is 1. The minimum atomic E-state index is -0.642. The maximum atomic E-state index is 9.50. The van der Waals surface area contributed by atoms with Crippen LogP contribution in [-0.2, 0) is 15.3 Å². The summed E-state index contributed by atoms with van der Waals surface area (Å²) in [4.78, 5) is 2.36. The highest BCUT2D eigenvalue weighted by Gasteiger charge is 2.40. The molecule has 2 saturated heterocycles. The van der Waals surface area contributed by atoms with E-state index < -0.39 is 5.79 Å². The number of hydrogen-bond donors (Lipinski definition) is 1. The average molecular weight is 291 g/mol. The van der Waals surface area contributed by atoms with Gasteiger partial charge in [-0.2, -0.15) is 0 Å². The second-order valence-corrected chi connectivity index (χ2v) is 6.19. The lowest BCUT2D eigenvalue weighted by Gasteiger charge is -2.36. The Hall–Kier alpha value is -0.940. The lowest BCUT2D eigenvalue weighted by Crippen LogP contribution is -2.46. The Bertz CT molecular complexity index is 453. The summed E-state index contributed by atoms with van der Waals surface area (Å²) in [6, 6.07) is 10.4. The number of piperidine rings is 1. The molecule has 1 N–H and O–H groups in total. The van der Waals surface area contributed by atoms with E-state index in [0.29, 0.717) is 6.61 Å². The van der Waals surface area contributed by atoms with E-state index >= 15 is 0 Å². The van der Waals surface area contributed by atoms with Crippen LogP contribution < -0.4 is 0 Å². The van der Waals surface area contributed by atoms with Crippen LogP contribution in [0.3, 0.4) is 0 Å². The normalized spacial score (nSPS) is 34.2. The highest BCUT2D eigenvalue weighted by molar-refractivity contribution is 5.20. The van der Waals surface area contributed by atoms with Crippen molar-refractivity contribution in [2.45, 2.75) is 44.1 Å². The minimum Gasteiger partial charge on any atom is -0.395 e. The van der Waals surface area contributed by atoms with E-state index in [-0.39, 0.29) is 18.8 Å². The minimum absolute atomic E-state index is 0.0716.